The first kappa shape index (κ1) is 11.0. The maximum atomic E-state index is 11.8. The predicted octanol–water partition coefficient (Wildman–Crippen LogP) is 1.72. The number of aliphatic hydroxyl groups is 1. The molecule has 0 unspecified atom stereocenters. The summed E-state index contributed by atoms with van der Waals surface area (Å²) in [6, 6.07) is 0. The van der Waals surface area contributed by atoms with Crippen LogP contribution in [0, 0.1) is 0 Å². The van der Waals surface area contributed by atoms with Gasteiger partial charge in [-0.15, -0.1) is 0 Å². The maximum absolute atomic E-state index is 11.8. The van der Waals surface area contributed by atoms with Crippen molar-refractivity contribution in [1.82, 2.24) is 9.55 Å². The van der Waals surface area contributed by atoms with E-state index in [0.717, 1.165) is 0 Å². The molecule has 1 N–H and O–H groups in total. The van der Waals surface area contributed by atoms with Crippen LogP contribution in [0.2, 0.25) is 0 Å². The first-order valence-electron chi connectivity index (χ1n) is 4.19. The van der Waals surface area contributed by atoms with E-state index in [1.807, 2.05) is 0 Å². The maximum Gasteiger partial charge on any atom is 0.389 e. The lowest BCUT2D eigenvalue weighted by molar-refractivity contribution is -0.135. The first-order chi connectivity index (χ1) is 6.53. The van der Waals surface area contributed by atoms with Gasteiger partial charge in [0.15, 0.2) is 0 Å². The molecule has 0 radical (unpaired) electrons. The number of alkyl halides is 3. The second-order valence-corrected chi connectivity index (χ2v) is 2.96. The number of aliphatic hydroxyl groups excluding tert-OH is 1. The summed E-state index contributed by atoms with van der Waals surface area (Å²) in [7, 11) is 0. The van der Waals surface area contributed by atoms with Crippen molar-refractivity contribution in [3.8, 4) is 0 Å². The van der Waals surface area contributed by atoms with Crippen LogP contribution < -0.4 is 0 Å². The van der Waals surface area contributed by atoms with Crippen LogP contribution in [0.4, 0.5) is 13.2 Å². The molecule has 0 bridgehead atoms. The van der Waals surface area contributed by atoms with E-state index in [-0.39, 0.29) is 19.6 Å². The van der Waals surface area contributed by atoms with Gasteiger partial charge in [0.2, 0.25) is 0 Å². The Morgan fingerprint density at radius 3 is 2.71 bits per heavy atom. The van der Waals surface area contributed by atoms with Gasteiger partial charge in [0, 0.05) is 13.0 Å². The third kappa shape index (κ3) is 3.37. The standard InChI is InChI=1S/C8H11F3N2O/c9-8(10,11)2-1-3-13-6-12-4-7(13)5-14/h4,6,14H,1-3,5H2. The molecule has 0 atom stereocenters. The fourth-order valence-electron chi connectivity index (χ4n) is 1.13. The lowest BCUT2D eigenvalue weighted by Crippen LogP contribution is -2.10. The Morgan fingerprint density at radius 1 is 1.43 bits per heavy atom. The Bertz CT molecular complexity index is 282. The Kier molecular flexibility index (Phi) is 3.51. The van der Waals surface area contributed by atoms with Crippen LogP contribution in [0.25, 0.3) is 0 Å². The highest BCUT2D eigenvalue weighted by Crippen LogP contribution is 2.21. The van der Waals surface area contributed by atoms with Gasteiger partial charge in [-0.25, -0.2) is 4.98 Å². The van der Waals surface area contributed by atoms with Gasteiger partial charge in [0.05, 0.1) is 24.8 Å². The van der Waals surface area contributed by atoms with Gasteiger partial charge in [0.25, 0.3) is 0 Å². The van der Waals surface area contributed by atoms with Gasteiger partial charge in [-0.05, 0) is 6.42 Å². The second-order valence-electron chi connectivity index (χ2n) is 2.96. The van der Waals surface area contributed by atoms with Gasteiger partial charge < -0.3 is 9.67 Å². The summed E-state index contributed by atoms with van der Waals surface area (Å²) in [5.41, 5.74) is 0.534. The van der Waals surface area contributed by atoms with Crippen LogP contribution in [-0.4, -0.2) is 20.8 Å². The summed E-state index contributed by atoms with van der Waals surface area (Å²) in [6.07, 6.45) is -2.06. The molecule has 1 aromatic heterocycles. The van der Waals surface area contributed by atoms with E-state index < -0.39 is 12.6 Å². The number of imidazole rings is 1. The zero-order valence-electron chi connectivity index (χ0n) is 7.46. The van der Waals surface area contributed by atoms with Crippen molar-refractivity contribution >= 4 is 0 Å². The zero-order valence-corrected chi connectivity index (χ0v) is 7.46. The molecule has 0 saturated carbocycles. The highest BCUT2D eigenvalue weighted by Gasteiger charge is 2.26. The average molecular weight is 208 g/mol. The number of rotatable bonds is 4. The molecule has 3 nitrogen and oxygen atoms in total. The first-order valence-corrected chi connectivity index (χ1v) is 4.19. The molecular weight excluding hydrogens is 197 g/mol. The molecule has 0 aliphatic rings. The largest absolute Gasteiger partial charge is 0.390 e. The smallest absolute Gasteiger partial charge is 0.389 e. The van der Waals surface area contributed by atoms with Crippen molar-refractivity contribution in [2.75, 3.05) is 0 Å². The van der Waals surface area contributed by atoms with E-state index in [1.54, 1.807) is 0 Å². The molecule has 0 fully saturated rings. The summed E-state index contributed by atoms with van der Waals surface area (Å²) in [5, 5.41) is 8.78. The molecule has 0 aromatic carbocycles. The SMILES string of the molecule is OCc1cncn1CCCC(F)(F)F. The molecule has 80 valence electrons. The Balaban J connectivity index is 2.38. The molecule has 6 heteroatoms. The molecule has 14 heavy (non-hydrogen) atoms. The van der Waals surface area contributed by atoms with Gasteiger partial charge in [0.1, 0.15) is 0 Å². The van der Waals surface area contributed by atoms with Crippen LogP contribution >= 0.6 is 0 Å². The highest BCUT2D eigenvalue weighted by atomic mass is 19.4. The Labute approximate surface area is 79.2 Å². The highest BCUT2D eigenvalue weighted by molar-refractivity contribution is 4.95. The van der Waals surface area contributed by atoms with E-state index in [0.29, 0.717) is 5.69 Å². The van der Waals surface area contributed by atoms with Crippen LogP contribution in [0.5, 0.6) is 0 Å². The lowest BCUT2D eigenvalue weighted by Gasteiger charge is -2.08. The minimum atomic E-state index is -4.11. The summed E-state index contributed by atoms with van der Waals surface area (Å²) in [4.78, 5) is 3.73. The zero-order chi connectivity index (χ0) is 10.6. The molecule has 0 spiro atoms. The van der Waals surface area contributed by atoms with Crippen molar-refractivity contribution in [3.05, 3.63) is 18.2 Å². The number of hydrogen-bond acceptors (Lipinski definition) is 2. The van der Waals surface area contributed by atoms with E-state index in [1.165, 1.54) is 17.1 Å². The van der Waals surface area contributed by atoms with Crippen molar-refractivity contribution < 1.29 is 18.3 Å². The molecule has 1 rings (SSSR count). The van der Waals surface area contributed by atoms with Crippen LogP contribution in [-0.2, 0) is 13.2 Å². The topological polar surface area (TPSA) is 38.1 Å². The van der Waals surface area contributed by atoms with Crippen molar-refractivity contribution in [2.24, 2.45) is 0 Å². The number of hydrogen-bond donors (Lipinski definition) is 1. The third-order valence-corrected chi connectivity index (χ3v) is 1.82. The summed E-state index contributed by atoms with van der Waals surface area (Å²) < 4.78 is 36.9. The van der Waals surface area contributed by atoms with E-state index in [2.05, 4.69) is 4.98 Å². The molecule has 1 aromatic rings. The number of aryl methyl sites for hydroxylation is 1. The summed E-state index contributed by atoms with van der Waals surface area (Å²) in [6.45, 7) is 0.0292. The van der Waals surface area contributed by atoms with Crippen LogP contribution in [0.15, 0.2) is 12.5 Å². The predicted molar refractivity (Wildman–Crippen MR) is 43.4 cm³/mol. The Morgan fingerprint density at radius 2 is 2.14 bits per heavy atom. The van der Waals surface area contributed by atoms with Crippen LogP contribution in [0.1, 0.15) is 18.5 Å². The minimum absolute atomic E-state index is 0.00681. The minimum Gasteiger partial charge on any atom is -0.390 e. The molecular formula is C8H11F3N2O. The number of nitrogens with zero attached hydrogens (tertiary/aromatic N) is 2. The average Bonchev–Trinajstić information content (AvgIpc) is 2.49. The van der Waals surface area contributed by atoms with E-state index in [4.69, 9.17) is 5.11 Å². The summed E-state index contributed by atoms with van der Waals surface area (Å²) >= 11 is 0. The van der Waals surface area contributed by atoms with Gasteiger partial charge in [-0.1, -0.05) is 0 Å². The molecule has 0 saturated heterocycles. The Hall–Kier alpha value is -1.04. The van der Waals surface area contributed by atoms with E-state index in [9.17, 15) is 13.2 Å². The third-order valence-electron chi connectivity index (χ3n) is 1.82. The second kappa shape index (κ2) is 4.45. The summed E-state index contributed by atoms with van der Waals surface area (Å²) in [5.74, 6) is 0. The van der Waals surface area contributed by atoms with Crippen LogP contribution in [0.3, 0.4) is 0 Å². The number of halogens is 3. The van der Waals surface area contributed by atoms with Gasteiger partial charge in [-0.3, -0.25) is 0 Å². The fraction of sp³-hybridized carbons (Fsp3) is 0.625. The van der Waals surface area contributed by atoms with Gasteiger partial charge in [-0.2, -0.15) is 13.2 Å². The van der Waals surface area contributed by atoms with E-state index >= 15 is 0 Å². The van der Waals surface area contributed by atoms with Crippen molar-refractivity contribution in [3.63, 3.8) is 0 Å². The van der Waals surface area contributed by atoms with Crippen molar-refractivity contribution in [1.29, 1.82) is 0 Å². The van der Waals surface area contributed by atoms with Gasteiger partial charge >= 0.3 is 6.18 Å². The quantitative estimate of drug-likeness (QED) is 0.818. The number of aromatic nitrogens is 2. The molecule has 1 heterocycles. The monoisotopic (exact) mass is 208 g/mol. The fourth-order valence-corrected chi connectivity index (χ4v) is 1.13. The van der Waals surface area contributed by atoms with Crippen molar-refractivity contribution in [2.45, 2.75) is 32.2 Å². The molecule has 0 aliphatic carbocycles. The lowest BCUT2D eigenvalue weighted by atomic mass is 10.3. The normalized spacial score (nSPS) is 12.0. The molecule has 0 amide bonds. The molecule has 0 aliphatic heterocycles.